The van der Waals surface area contributed by atoms with Crippen molar-refractivity contribution < 1.29 is 9.59 Å². The Balaban J connectivity index is 2.15. The molecule has 3 rings (SSSR count). The summed E-state index contributed by atoms with van der Waals surface area (Å²) >= 11 is 0. The Morgan fingerprint density at radius 3 is 3.00 bits per heavy atom. The third kappa shape index (κ3) is 1.14. The molecule has 1 aromatic heterocycles. The second-order valence-corrected chi connectivity index (χ2v) is 3.59. The molecule has 6 heteroatoms. The summed E-state index contributed by atoms with van der Waals surface area (Å²) in [5.74, 6) is -0.611. The van der Waals surface area contributed by atoms with Crippen LogP contribution in [0.3, 0.4) is 0 Å². The van der Waals surface area contributed by atoms with E-state index < -0.39 is 6.03 Å². The predicted molar refractivity (Wildman–Crippen MR) is 50.7 cm³/mol. The number of rotatable bonds is 0. The molecule has 76 valence electrons. The van der Waals surface area contributed by atoms with E-state index in [1.54, 1.807) is 12.3 Å². The van der Waals surface area contributed by atoms with Crippen molar-refractivity contribution in [1.29, 1.82) is 0 Å². The van der Waals surface area contributed by atoms with Gasteiger partial charge in [-0.05, 0) is 6.08 Å². The maximum atomic E-state index is 11.5. The first-order chi connectivity index (χ1) is 7.24. The van der Waals surface area contributed by atoms with Crippen LogP contribution in [-0.2, 0) is 4.79 Å². The summed E-state index contributed by atoms with van der Waals surface area (Å²) < 4.78 is 0. The first kappa shape index (κ1) is 8.22. The standard InChI is InChI=1S/C9H8N4O2/c14-8-5-1-4-3-10-13-6(4)2-7(5)11-9(15)12-8/h1-3,5,7,13H,(H2,11,12,14,15). The summed E-state index contributed by atoms with van der Waals surface area (Å²) in [7, 11) is 0. The smallest absolute Gasteiger partial charge is 0.321 e. The molecule has 0 spiro atoms. The Morgan fingerprint density at radius 1 is 1.27 bits per heavy atom. The molecule has 15 heavy (non-hydrogen) atoms. The number of aromatic amines is 1. The molecular formula is C9H8N4O2. The molecule has 6 nitrogen and oxygen atoms in total. The van der Waals surface area contributed by atoms with E-state index in [2.05, 4.69) is 20.8 Å². The summed E-state index contributed by atoms with van der Waals surface area (Å²) in [4.78, 5) is 22.6. The van der Waals surface area contributed by atoms with Crippen LogP contribution in [0, 0.1) is 5.92 Å². The second kappa shape index (κ2) is 2.69. The van der Waals surface area contributed by atoms with Gasteiger partial charge in [-0.15, -0.1) is 0 Å². The Bertz CT molecular complexity index is 559. The van der Waals surface area contributed by atoms with Gasteiger partial charge in [-0.3, -0.25) is 15.2 Å². The third-order valence-corrected chi connectivity index (χ3v) is 2.63. The highest BCUT2D eigenvalue weighted by molar-refractivity contribution is 6.02. The fourth-order valence-electron chi connectivity index (χ4n) is 1.91. The average molecular weight is 204 g/mol. The molecule has 1 aromatic rings. The van der Waals surface area contributed by atoms with Crippen LogP contribution < -0.4 is 21.2 Å². The van der Waals surface area contributed by atoms with Crippen molar-refractivity contribution in [3.05, 3.63) is 16.8 Å². The number of imide groups is 1. The first-order valence-corrected chi connectivity index (χ1v) is 4.58. The number of hydrogen-bond acceptors (Lipinski definition) is 3. The number of nitrogens with zero attached hydrogens (tertiary/aromatic N) is 1. The van der Waals surface area contributed by atoms with Crippen LogP contribution in [0.25, 0.3) is 12.2 Å². The highest BCUT2D eigenvalue weighted by Crippen LogP contribution is 2.12. The molecule has 1 fully saturated rings. The third-order valence-electron chi connectivity index (χ3n) is 2.63. The van der Waals surface area contributed by atoms with Crippen molar-refractivity contribution in [2.75, 3.05) is 0 Å². The molecule has 1 saturated heterocycles. The molecule has 0 bridgehead atoms. The van der Waals surface area contributed by atoms with Crippen molar-refractivity contribution >= 4 is 24.1 Å². The molecule has 0 aromatic carbocycles. The molecule has 2 unspecified atom stereocenters. The maximum absolute atomic E-state index is 11.5. The Labute approximate surface area is 84.1 Å². The van der Waals surface area contributed by atoms with E-state index in [1.165, 1.54) is 0 Å². The van der Waals surface area contributed by atoms with E-state index >= 15 is 0 Å². The molecule has 2 atom stereocenters. The monoisotopic (exact) mass is 204 g/mol. The van der Waals surface area contributed by atoms with Crippen LogP contribution >= 0.6 is 0 Å². The van der Waals surface area contributed by atoms with Gasteiger partial charge in [0.25, 0.3) is 0 Å². The maximum Gasteiger partial charge on any atom is 0.321 e. The number of carbonyl (C=O) groups excluding carboxylic acids is 2. The van der Waals surface area contributed by atoms with E-state index in [4.69, 9.17) is 0 Å². The second-order valence-electron chi connectivity index (χ2n) is 3.59. The number of aromatic nitrogens is 2. The van der Waals surface area contributed by atoms with Gasteiger partial charge in [-0.25, -0.2) is 4.79 Å². The van der Waals surface area contributed by atoms with Gasteiger partial charge >= 0.3 is 6.03 Å². The van der Waals surface area contributed by atoms with Gasteiger partial charge in [-0.1, -0.05) is 6.08 Å². The fraction of sp³-hybridized carbons (Fsp3) is 0.222. The molecule has 0 saturated carbocycles. The van der Waals surface area contributed by atoms with Gasteiger partial charge in [0, 0.05) is 5.22 Å². The molecule has 2 heterocycles. The lowest BCUT2D eigenvalue weighted by Gasteiger charge is -2.28. The zero-order valence-electron chi connectivity index (χ0n) is 7.65. The van der Waals surface area contributed by atoms with Gasteiger partial charge < -0.3 is 5.32 Å². The minimum absolute atomic E-state index is 0.271. The SMILES string of the molecule is O=C1NC(=O)C2C=c3cn[nH]c3=CC2N1. The molecule has 0 radical (unpaired) electrons. The van der Waals surface area contributed by atoms with Crippen molar-refractivity contribution in [2.45, 2.75) is 6.04 Å². The van der Waals surface area contributed by atoms with E-state index in [0.717, 1.165) is 10.6 Å². The van der Waals surface area contributed by atoms with E-state index in [-0.39, 0.29) is 17.9 Å². The van der Waals surface area contributed by atoms with Gasteiger partial charge in [0.1, 0.15) is 0 Å². The lowest BCUT2D eigenvalue weighted by atomic mass is 9.92. The number of amides is 3. The molecule has 3 amide bonds. The highest BCUT2D eigenvalue weighted by atomic mass is 16.2. The fourth-order valence-corrected chi connectivity index (χ4v) is 1.91. The predicted octanol–water partition coefficient (Wildman–Crippen LogP) is -2.19. The van der Waals surface area contributed by atoms with Gasteiger partial charge in [-0.2, -0.15) is 5.10 Å². The Kier molecular flexibility index (Phi) is 1.47. The minimum Gasteiger partial charge on any atom is -0.330 e. The van der Waals surface area contributed by atoms with Gasteiger partial charge in [0.2, 0.25) is 5.91 Å². The lowest BCUT2D eigenvalue weighted by Crippen LogP contribution is -2.59. The van der Waals surface area contributed by atoms with Crippen molar-refractivity contribution in [3.8, 4) is 0 Å². The van der Waals surface area contributed by atoms with Gasteiger partial charge in [0.05, 0.1) is 23.5 Å². The van der Waals surface area contributed by atoms with E-state index in [9.17, 15) is 9.59 Å². The quantitative estimate of drug-likeness (QED) is 0.448. The summed E-state index contributed by atoms with van der Waals surface area (Å²) in [6.07, 6.45) is 5.27. The van der Waals surface area contributed by atoms with Crippen LogP contribution in [0.2, 0.25) is 0 Å². The lowest BCUT2D eigenvalue weighted by molar-refractivity contribution is -0.123. The zero-order valence-corrected chi connectivity index (χ0v) is 7.65. The van der Waals surface area contributed by atoms with E-state index in [0.29, 0.717) is 0 Å². The summed E-state index contributed by atoms with van der Waals surface area (Å²) in [5, 5.41) is 13.3. The van der Waals surface area contributed by atoms with E-state index in [1.807, 2.05) is 6.08 Å². The largest absolute Gasteiger partial charge is 0.330 e. The summed E-state index contributed by atoms with van der Waals surface area (Å²) in [6, 6.07) is -0.729. The van der Waals surface area contributed by atoms with Crippen LogP contribution in [0.4, 0.5) is 4.79 Å². The number of hydrogen-bond donors (Lipinski definition) is 3. The molecular weight excluding hydrogens is 196 g/mol. The van der Waals surface area contributed by atoms with Crippen molar-refractivity contribution in [2.24, 2.45) is 5.92 Å². The first-order valence-electron chi connectivity index (χ1n) is 4.58. The summed E-state index contributed by atoms with van der Waals surface area (Å²) in [6.45, 7) is 0. The topological polar surface area (TPSA) is 86.9 Å². The number of nitrogens with one attached hydrogen (secondary N) is 3. The van der Waals surface area contributed by atoms with Crippen LogP contribution in [0.5, 0.6) is 0 Å². The molecule has 2 aliphatic rings. The number of fused-ring (bicyclic) bond motifs is 2. The van der Waals surface area contributed by atoms with Crippen LogP contribution in [0.15, 0.2) is 6.20 Å². The normalized spacial score (nSPS) is 27.7. The number of carbonyl (C=O) groups is 2. The van der Waals surface area contributed by atoms with Gasteiger partial charge in [0.15, 0.2) is 0 Å². The number of urea groups is 1. The number of H-pyrrole nitrogens is 1. The van der Waals surface area contributed by atoms with Crippen LogP contribution in [0.1, 0.15) is 0 Å². The zero-order chi connectivity index (χ0) is 10.4. The molecule has 1 aliphatic heterocycles. The molecule has 1 aliphatic carbocycles. The Morgan fingerprint density at radius 2 is 2.13 bits per heavy atom. The minimum atomic E-state index is -0.450. The average Bonchev–Trinajstić information content (AvgIpc) is 2.61. The summed E-state index contributed by atoms with van der Waals surface area (Å²) in [5.41, 5.74) is 0. The highest BCUT2D eigenvalue weighted by Gasteiger charge is 2.33. The van der Waals surface area contributed by atoms with Crippen molar-refractivity contribution in [1.82, 2.24) is 20.8 Å². The van der Waals surface area contributed by atoms with Crippen molar-refractivity contribution in [3.63, 3.8) is 0 Å². The Hall–Kier alpha value is -2.11. The molecule has 3 N–H and O–H groups in total. The van der Waals surface area contributed by atoms with Crippen LogP contribution in [-0.4, -0.2) is 28.2 Å².